The van der Waals surface area contributed by atoms with Crippen molar-refractivity contribution in [3.05, 3.63) is 59.9 Å². The van der Waals surface area contributed by atoms with Crippen molar-refractivity contribution >= 4 is 29.1 Å². The van der Waals surface area contributed by atoms with E-state index in [9.17, 15) is 9.59 Å². The molecule has 1 heterocycles. The number of amides is 1. The maximum Gasteiger partial charge on any atom is 0.237 e. The number of rotatable bonds is 11. The van der Waals surface area contributed by atoms with Crippen molar-refractivity contribution in [3.63, 3.8) is 0 Å². The predicted octanol–water partition coefficient (Wildman–Crippen LogP) is 5.16. The molecule has 0 saturated carbocycles. The molecule has 9 heteroatoms. The van der Waals surface area contributed by atoms with Crippen LogP contribution >= 0.6 is 11.8 Å². The Morgan fingerprint density at radius 1 is 1.09 bits per heavy atom. The molecule has 0 fully saturated rings. The van der Waals surface area contributed by atoms with E-state index in [1.807, 2.05) is 49.6 Å². The third-order valence-electron chi connectivity index (χ3n) is 5.25. The largest absolute Gasteiger partial charge is 0.493 e. The molecule has 180 valence electrons. The molecule has 2 aromatic carbocycles. The number of anilines is 1. The summed E-state index contributed by atoms with van der Waals surface area (Å²) in [7, 11) is 1.60. The van der Waals surface area contributed by atoms with E-state index in [0.29, 0.717) is 46.7 Å². The second-order valence-corrected chi connectivity index (χ2v) is 8.81. The first-order valence-corrected chi connectivity index (χ1v) is 12.1. The maximum absolute atomic E-state index is 13.0. The van der Waals surface area contributed by atoms with Crippen molar-refractivity contribution in [1.82, 2.24) is 14.8 Å². The number of methoxy groups -OCH3 is 1. The van der Waals surface area contributed by atoms with E-state index in [1.54, 1.807) is 31.4 Å². The number of thioether (sulfide) groups is 1. The van der Waals surface area contributed by atoms with E-state index in [0.717, 1.165) is 0 Å². The highest BCUT2D eigenvalue weighted by Crippen LogP contribution is 2.32. The van der Waals surface area contributed by atoms with Crippen LogP contribution in [0.2, 0.25) is 0 Å². The third kappa shape index (κ3) is 5.96. The standard InChI is InChI=1S/C25H30N4O4S/c1-6-22(24(31)26-19-12-10-11-18(15-19)16(3)30)34-25-28-27-23(29(25)7-2)17(4)33-21-14-9-8-13-20(21)32-5/h8-15,17,22H,6-7H2,1-5H3,(H,26,31). The van der Waals surface area contributed by atoms with Gasteiger partial charge in [-0.3, -0.25) is 9.59 Å². The Morgan fingerprint density at radius 3 is 2.47 bits per heavy atom. The Hall–Kier alpha value is -3.33. The third-order valence-corrected chi connectivity index (χ3v) is 6.59. The highest BCUT2D eigenvalue weighted by Gasteiger charge is 2.25. The number of aromatic nitrogens is 3. The van der Waals surface area contributed by atoms with Gasteiger partial charge in [-0.15, -0.1) is 10.2 Å². The van der Waals surface area contributed by atoms with Crippen molar-refractivity contribution in [1.29, 1.82) is 0 Å². The number of carbonyl (C=O) groups is 2. The Bertz CT molecular complexity index is 1150. The van der Waals surface area contributed by atoms with E-state index in [-0.39, 0.29) is 23.0 Å². The fraction of sp³-hybridized carbons (Fsp3) is 0.360. The minimum absolute atomic E-state index is 0.0504. The second kappa shape index (κ2) is 11.7. The zero-order chi connectivity index (χ0) is 24.7. The summed E-state index contributed by atoms with van der Waals surface area (Å²) < 4.78 is 13.4. The lowest BCUT2D eigenvalue weighted by Gasteiger charge is -2.18. The van der Waals surface area contributed by atoms with Crippen molar-refractivity contribution in [3.8, 4) is 11.5 Å². The van der Waals surface area contributed by atoms with Gasteiger partial charge in [0.1, 0.15) is 0 Å². The number of carbonyl (C=O) groups excluding carboxylic acids is 2. The molecule has 0 aliphatic carbocycles. The molecular formula is C25H30N4O4S. The first kappa shape index (κ1) is 25.3. The molecule has 2 atom stereocenters. The van der Waals surface area contributed by atoms with Gasteiger partial charge in [0.25, 0.3) is 0 Å². The Balaban J connectivity index is 1.74. The average Bonchev–Trinajstić information content (AvgIpc) is 3.25. The number of nitrogens with one attached hydrogen (secondary N) is 1. The lowest BCUT2D eigenvalue weighted by molar-refractivity contribution is -0.115. The minimum atomic E-state index is -0.381. The highest BCUT2D eigenvalue weighted by atomic mass is 32.2. The van der Waals surface area contributed by atoms with Gasteiger partial charge < -0.3 is 19.4 Å². The first-order chi connectivity index (χ1) is 16.4. The minimum Gasteiger partial charge on any atom is -0.493 e. The van der Waals surface area contributed by atoms with Crippen molar-refractivity contribution in [2.75, 3.05) is 12.4 Å². The summed E-state index contributed by atoms with van der Waals surface area (Å²) in [4.78, 5) is 24.6. The number of benzene rings is 2. The van der Waals surface area contributed by atoms with Crippen LogP contribution in [-0.2, 0) is 11.3 Å². The summed E-state index contributed by atoms with van der Waals surface area (Å²) in [6.45, 7) is 7.98. The van der Waals surface area contributed by atoms with E-state index in [4.69, 9.17) is 9.47 Å². The number of ether oxygens (including phenoxy) is 2. The van der Waals surface area contributed by atoms with Gasteiger partial charge in [-0.1, -0.05) is 43.0 Å². The summed E-state index contributed by atoms with van der Waals surface area (Å²) in [6, 6.07) is 14.4. The van der Waals surface area contributed by atoms with Crippen LogP contribution in [0.5, 0.6) is 11.5 Å². The van der Waals surface area contributed by atoms with Gasteiger partial charge in [0.2, 0.25) is 5.91 Å². The fourth-order valence-corrected chi connectivity index (χ4v) is 4.46. The number of Topliss-reactive ketones (excluding diaryl/α,β-unsaturated/α-hetero) is 1. The molecular weight excluding hydrogens is 452 g/mol. The molecule has 34 heavy (non-hydrogen) atoms. The molecule has 0 aliphatic heterocycles. The van der Waals surface area contributed by atoms with Gasteiger partial charge in [0.15, 0.2) is 34.4 Å². The SMILES string of the molecule is CCC(Sc1nnc(C(C)Oc2ccccc2OC)n1CC)C(=O)Nc1cccc(C(C)=O)c1. The molecule has 3 aromatic rings. The molecule has 0 saturated heterocycles. The van der Waals surface area contributed by atoms with Crippen LogP contribution in [0.3, 0.4) is 0 Å². The lowest BCUT2D eigenvalue weighted by Crippen LogP contribution is -2.25. The van der Waals surface area contributed by atoms with E-state index in [1.165, 1.54) is 18.7 Å². The summed E-state index contributed by atoms with van der Waals surface area (Å²) in [6.07, 6.45) is 0.226. The number of hydrogen-bond donors (Lipinski definition) is 1. The first-order valence-electron chi connectivity index (χ1n) is 11.2. The van der Waals surface area contributed by atoms with Crippen LogP contribution in [0, 0.1) is 0 Å². The molecule has 0 spiro atoms. The normalized spacial score (nSPS) is 12.6. The average molecular weight is 483 g/mol. The van der Waals surface area contributed by atoms with Crippen molar-refractivity contribution < 1.29 is 19.1 Å². The summed E-state index contributed by atoms with van der Waals surface area (Å²) in [5.41, 5.74) is 1.14. The number of nitrogens with zero attached hydrogens (tertiary/aromatic N) is 3. The summed E-state index contributed by atoms with van der Waals surface area (Å²) >= 11 is 1.36. The molecule has 0 radical (unpaired) electrons. The molecule has 0 bridgehead atoms. The predicted molar refractivity (Wildman–Crippen MR) is 133 cm³/mol. The van der Waals surface area contributed by atoms with Gasteiger partial charge in [0, 0.05) is 17.8 Å². The van der Waals surface area contributed by atoms with Crippen LogP contribution in [0.4, 0.5) is 5.69 Å². The summed E-state index contributed by atoms with van der Waals surface area (Å²) in [5.74, 6) is 1.73. The van der Waals surface area contributed by atoms with Crippen molar-refractivity contribution in [2.24, 2.45) is 0 Å². The number of para-hydroxylation sites is 2. The monoisotopic (exact) mass is 482 g/mol. The second-order valence-electron chi connectivity index (χ2n) is 7.64. The zero-order valence-electron chi connectivity index (χ0n) is 20.1. The van der Waals surface area contributed by atoms with Gasteiger partial charge in [-0.25, -0.2) is 0 Å². The number of ketones is 1. The number of hydrogen-bond acceptors (Lipinski definition) is 7. The Labute approximate surface area is 204 Å². The van der Waals surface area contributed by atoms with Crippen molar-refractivity contribution in [2.45, 2.75) is 57.2 Å². The van der Waals surface area contributed by atoms with Gasteiger partial charge in [-0.05, 0) is 51.5 Å². The maximum atomic E-state index is 13.0. The highest BCUT2D eigenvalue weighted by molar-refractivity contribution is 8.00. The van der Waals surface area contributed by atoms with Gasteiger partial charge in [-0.2, -0.15) is 0 Å². The Morgan fingerprint density at radius 2 is 1.82 bits per heavy atom. The van der Waals surface area contributed by atoms with E-state index in [2.05, 4.69) is 15.5 Å². The quantitative estimate of drug-likeness (QED) is 0.298. The Kier molecular flexibility index (Phi) is 8.70. The van der Waals surface area contributed by atoms with E-state index >= 15 is 0 Å². The molecule has 0 aliphatic rings. The van der Waals surface area contributed by atoms with Crippen LogP contribution < -0.4 is 14.8 Å². The molecule has 2 unspecified atom stereocenters. The zero-order valence-corrected chi connectivity index (χ0v) is 20.9. The molecule has 8 nitrogen and oxygen atoms in total. The van der Waals surface area contributed by atoms with Crippen LogP contribution in [0.1, 0.15) is 56.4 Å². The van der Waals surface area contributed by atoms with Gasteiger partial charge >= 0.3 is 0 Å². The fourth-order valence-electron chi connectivity index (χ4n) is 3.43. The van der Waals surface area contributed by atoms with Crippen LogP contribution in [0.15, 0.2) is 53.7 Å². The lowest BCUT2D eigenvalue weighted by atomic mass is 10.1. The molecule has 1 N–H and O–H groups in total. The molecule has 1 amide bonds. The van der Waals surface area contributed by atoms with E-state index < -0.39 is 0 Å². The molecule has 1 aromatic heterocycles. The van der Waals surface area contributed by atoms with Crippen LogP contribution in [-0.4, -0.2) is 38.8 Å². The molecule has 3 rings (SSSR count). The topological polar surface area (TPSA) is 95.3 Å². The van der Waals surface area contributed by atoms with Gasteiger partial charge in [0.05, 0.1) is 12.4 Å². The smallest absolute Gasteiger partial charge is 0.237 e. The summed E-state index contributed by atoms with van der Waals surface area (Å²) in [5, 5.41) is 11.9. The van der Waals surface area contributed by atoms with Crippen LogP contribution in [0.25, 0.3) is 0 Å².